The summed E-state index contributed by atoms with van der Waals surface area (Å²) in [7, 11) is 3.94. The van der Waals surface area contributed by atoms with E-state index in [2.05, 4.69) is 15.3 Å². The van der Waals surface area contributed by atoms with Crippen LogP contribution in [-0.2, 0) is 0 Å². The molecule has 0 fully saturated rings. The third kappa shape index (κ3) is 2.81. The standard InChI is InChI=1S/C13H16N4O/c1-17(2)9-8-16-13(18)10-4-3-5-11-12(10)15-7-6-14-11/h3-7H,8-9H2,1-2H3,(H,16,18). The minimum Gasteiger partial charge on any atom is -0.351 e. The van der Waals surface area contributed by atoms with Crippen LogP contribution in [-0.4, -0.2) is 48.0 Å². The van der Waals surface area contributed by atoms with Crippen molar-refractivity contribution < 1.29 is 4.79 Å². The van der Waals surface area contributed by atoms with E-state index in [0.29, 0.717) is 17.6 Å². The van der Waals surface area contributed by atoms with Gasteiger partial charge in [0.25, 0.3) is 5.91 Å². The molecule has 0 atom stereocenters. The maximum Gasteiger partial charge on any atom is 0.253 e. The Morgan fingerprint density at radius 1 is 1.28 bits per heavy atom. The van der Waals surface area contributed by atoms with Crippen molar-refractivity contribution in [1.29, 1.82) is 0 Å². The predicted molar refractivity (Wildman–Crippen MR) is 70.4 cm³/mol. The smallest absolute Gasteiger partial charge is 0.253 e. The Balaban J connectivity index is 2.17. The molecule has 0 unspecified atom stereocenters. The molecule has 0 spiro atoms. The lowest BCUT2D eigenvalue weighted by Gasteiger charge is -2.11. The molecule has 0 radical (unpaired) electrons. The molecular weight excluding hydrogens is 228 g/mol. The van der Waals surface area contributed by atoms with E-state index in [1.807, 2.05) is 31.1 Å². The van der Waals surface area contributed by atoms with Crippen molar-refractivity contribution in [3.8, 4) is 0 Å². The summed E-state index contributed by atoms with van der Waals surface area (Å²) in [4.78, 5) is 22.5. The van der Waals surface area contributed by atoms with Gasteiger partial charge in [-0.25, -0.2) is 0 Å². The summed E-state index contributed by atoms with van der Waals surface area (Å²) in [5, 5.41) is 2.87. The molecule has 2 aromatic rings. The monoisotopic (exact) mass is 244 g/mol. The molecule has 1 aromatic heterocycles. The molecule has 1 aromatic carbocycles. The minimum atomic E-state index is -0.108. The van der Waals surface area contributed by atoms with Crippen molar-refractivity contribution in [2.24, 2.45) is 0 Å². The number of likely N-dealkylation sites (N-methyl/N-ethyl adjacent to an activating group) is 1. The molecule has 18 heavy (non-hydrogen) atoms. The molecule has 0 aliphatic rings. The Morgan fingerprint density at radius 3 is 2.83 bits per heavy atom. The zero-order chi connectivity index (χ0) is 13.0. The molecular formula is C13H16N4O. The molecule has 0 aliphatic heterocycles. The van der Waals surface area contributed by atoms with Crippen LogP contribution >= 0.6 is 0 Å². The van der Waals surface area contributed by atoms with Crippen molar-refractivity contribution >= 4 is 16.9 Å². The summed E-state index contributed by atoms with van der Waals surface area (Å²) in [6.45, 7) is 1.42. The Hall–Kier alpha value is -2.01. The van der Waals surface area contributed by atoms with Gasteiger partial charge in [0.05, 0.1) is 11.1 Å². The Morgan fingerprint density at radius 2 is 2.06 bits per heavy atom. The number of hydrogen-bond acceptors (Lipinski definition) is 4. The average molecular weight is 244 g/mol. The summed E-state index contributed by atoms with van der Waals surface area (Å²) >= 11 is 0. The SMILES string of the molecule is CN(C)CCNC(=O)c1cccc2nccnc12. The lowest BCUT2D eigenvalue weighted by atomic mass is 10.1. The van der Waals surface area contributed by atoms with Gasteiger partial charge in [0, 0.05) is 25.5 Å². The van der Waals surface area contributed by atoms with Gasteiger partial charge in [0.2, 0.25) is 0 Å². The maximum atomic E-state index is 12.0. The Labute approximate surface area is 106 Å². The van der Waals surface area contributed by atoms with E-state index in [9.17, 15) is 4.79 Å². The highest BCUT2D eigenvalue weighted by molar-refractivity contribution is 6.04. The summed E-state index contributed by atoms with van der Waals surface area (Å²) < 4.78 is 0. The van der Waals surface area contributed by atoms with E-state index >= 15 is 0 Å². The van der Waals surface area contributed by atoms with E-state index in [-0.39, 0.29) is 5.91 Å². The zero-order valence-corrected chi connectivity index (χ0v) is 10.6. The number of rotatable bonds is 4. The fraction of sp³-hybridized carbons (Fsp3) is 0.308. The fourth-order valence-electron chi connectivity index (χ4n) is 1.66. The summed E-state index contributed by atoms with van der Waals surface area (Å²) in [6, 6.07) is 5.43. The first-order chi connectivity index (χ1) is 8.68. The molecule has 1 amide bonds. The lowest BCUT2D eigenvalue weighted by Crippen LogP contribution is -2.31. The molecule has 0 saturated heterocycles. The van der Waals surface area contributed by atoms with E-state index in [1.54, 1.807) is 18.5 Å². The summed E-state index contributed by atoms with van der Waals surface area (Å²) in [6.07, 6.45) is 3.22. The zero-order valence-electron chi connectivity index (χ0n) is 10.6. The number of carbonyl (C=O) groups excluding carboxylic acids is 1. The topological polar surface area (TPSA) is 58.1 Å². The van der Waals surface area contributed by atoms with Gasteiger partial charge in [-0.05, 0) is 26.2 Å². The number of hydrogen-bond donors (Lipinski definition) is 1. The highest BCUT2D eigenvalue weighted by atomic mass is 16.1. The van der Waals surface area contributed by atoms with Gasteiger partial charge in [0.1, 0.15) is 5.52 Å². The Kier molecular flexibility index (Phi) is 3.84. The van der Waals surface area contributed by atoms with Gasteiger partial charge in [0.15, 0.2) is 0 Å². The second-order valence-electron chi connectivity index (χ2n) is 4.29. The van der Waals surface area contributed by atoms with Gasteiger partial charge in [-0.2, -0.15) is 0 Å². The molecule has 1 N–H and O–H groups in total. The van der Waals surface area contributed by atoms with Crippen molar-refractivity contribution in [2.45, 2.75) is 0 Å². The average Bonchev–Trinajstić information content (AvgIpc) is 2.37. The van der Waals surface area contributed by atoms with Crippen LogP contribution in [0.15, 0.2) is 30.6 Å². The van der Waals surface area contributed by atoms with Gasteiger partial charge in [-0.15, -0.1) is 0 Å². The number of carbonyl (C=O) groups is 1. The molecule has 5 heteroatoms. The van der Waals surface area contributed by atoms with Crippen LogP contribution in [0.2, 0.25) is 0 Å². The second kappa shape index (κ2) is 5.55. The second-order valence-corrected chi connectivity index (χ2v) is 4.29. The van der Waals surface area contributed by atoms with E-state index in [0.717, 1.165) is 12.1 Å². The van der Waals surface area contributed by atoms with Crippen LogP contribution in [0.5, 0.6) is 0 Å². The molecule has 5 nitrogen and oxygen atoms in total. The van der Waals surface area contributed by atoms with E-state index in [1.165, 1.54) is 0 Å². The van der Waals surface area contributed by atoms with E-state index in [4.69, 9.17) is 0 Å². The fourth-order valence-corrected chi connectivity index (χ4v) is 1.66. The van der Waals surface area contributed by atoms with Crippen molar-refractivity contribution in [3.05, 3.63) is 36.2 Å². The molecule has 0 saturated carbocycles. The maximum absolute atomic E-state index is 12.0. The number of para-hydroxylation sites is 1. The van der Waals surface area contributed by atoms with Crippen molar-refractivity contribution in [2.75, 3.05) is 27.2 Å². The van der Waals surface area contributed by atoms with Gasteiger partial charge >= 0.3 is 0 Å². The molecule has 2 rings (SSSR count). The third-order valence-electron chi connectivity index (χ3n) is 2.59. The van der Waals surface area contributed by atoms with Crippen LogP contribution < -0.4 is 5.32 Å². The number of nitrogens with one attached hydrogen (secondary N) is 1. The lowest BCUT2D eigenvalue weighted by molar-refractivity contribution is 0.0952. The summed E-state index contributed by atoms with van der Waals surface area (Å²) in [5.74, 6) is -0.108. The van der Waals surface area contributed by atoms with Crippen LogP contribution in [0, 0.1) is 0 Å². The third-order valence-corrected chi connectivity index (χ3v) is 2.59. The number of nitrogens with zero attached hydrogens (tertiary/aromatic N) is 3. The highest BCUT2D eigenvalue weighted by Crippen LogP contribution is 2.13. The number of fused-ring (bicyclic) bond motifs is 1. The van der Waals surface area contributed by atoms with Crippen LogP contribution in [0.25, 0.3) is 11.0 Å². The quantitative estimate of drug-likeness (QED) is 0.869. The van der Waals surface area contributed by atoms with Crippen molar-refractivity contribution in [3.63, 3.8) is 0 Å². The predicted octanol–water partition coefficient (Wildman–Crippen LogP) is 0.921. The van der Waals surface area contributed by atoms with E-state index < -0.39 is 0 Å². The molecule has 0 aliphatic carbocycles. The van der Waals surface area contributed by atoms with Gasteiger partial charge in [-0.3, -0.25) is 14.8 Å². The molecule has 1 heterocycles. The number of amides is 1. The van der Waals surface area contributed by atoms with Crippen LogP contribution in [0.1, 0.15) is 10.4 Å². The van der Waals surface area contributed by atoms with Crippen LogP contribution in [0.4, 0.5) is 0 Å². The van der Waals surface area contributed by atoms with Gasteiger partial charge in [-0.1, -0.05) is 6.07 Å². The first kappa shape index (κ1) is 12.4. The highest BCUT2D eigenvalue weighted by Gasteiger charge is 2.10. The first-order valence-electron chi connectivity index (χ1n) is 5.81. The van der Waals surface area contributed by atoms with Crippen LogP contribution in [0.3, 0.4) is 0 Å². The minimum absolute atomic E-state index is 0.108. The number of aromatic nitrogens is 2. The Bertz CT molecular complexity index is 548. The number of benzene rings is 1. The van der Waals surface area contributed by atoms with Crippen molar-refractivity contribution in [1.82, 2.24) is 20.2 Å². The first-order valence-corrected chi connectivity index (χ1v) is 5.81. The normalized spacial score (nSPS) is 10.8. The molecule has 94 valence electrons. The molecule has 0 bridgehead atoms. The largest absolute Gasteiger partial charge is 0.351 e. The summed E-state index contributed by atoms with van der Waals surface area (Å²) in [5.41, 5.74) is 1.94. The van der Waals surface area contributed by atoms with Gasteiger partial charge < -0.3 is 10.2 Å².